The van der Waals surface area contributed by atoms with Gasteiger partial charge in [-0.25, -0.2) is 0 Å². The highest BCUT2D eigenvalue weighted by Crippen LogP contribution is 1.64. The summed E-state index contributed by atoms with van der Waals surface area (Å²) in [6.07, 6.45) is -0.588. The highest BCUT2D eigenvalue weighted by atomic mass is 16.3. The van der Waals surface area contributed by atoms with Gasteiger partial charge in [0, 0.05) is 6.54 Å². The van der Waals surface area contributed by atoms with Crippen LogP contribution in [0.2, 0.25) is 0 Å². The molecule has 0 amide bonds. The van der Waals surface area contributed by atoms with Crippen LogP contribution in [0.3, 0.4) is 0 Å². The largest absolute Gasteiger partial charge is 0.392 e. The molecule has 0 saturated carbocycles. The summed E-state index contributed by atoms with van der Waals surface area (Å²) in [5.41, 5.74) is 4.86. The van der Waals surface area contributed by atoms with Crippen LogP contribution in [-0.4, -0.2) is 17.8 Å². The molecular formula is C3H8NO. The number of rotatable bonds is 1. The lowest BCUT2D eigenvalue weighted by atomic mass is 10.4. The quantitative estimate of drug-likeness (QED) is 0.425. The highest BCUT2D eigenvalue weighted by Gasteiger charge is 1.82. The Balaban J connectivity index is 2.54. The van der Waals surface area contributed by atoms with Crippen LogP contribution < -0.4 is 5.73 Å². The molecule has 1 radical (unpaired) electrons. The van der Waals surface area contributed by atoms with Gasteiger partial charge in [0.05, 0.1) is 6.10 Å². The van der Waals surface area contributed by atoms with E-state index in [9.17, 15) is 0 Å². The number of nitrogens with two attached hydrogens (primary N) is 1. The van der Waals surface area contributed by atoms with Gasteiger partial charge in [0.1, 0.15) is 0 Å². The summed E-state index contributed by atoms with van der Waals surface area (Å²) in [4.78, 5) is 0. The summed E-state index contributed by atoms with van der Waals surface area (Å²) in [5.74, 6) is 0. The van der Waals surface area contributed by atoms with Crippen molar-refractivity contribution in [3.8, 4) is 0 Å². The smallest absolute Gasteiger partial charge is 0.0663 e. The first kappa shape index (κ1) is 4.92. The van der Waals surface area contributed by atoms with Crippen LogP contribution in [0, 0.1) is 6.92 Å². The molecule has 0 aliphatic carbocycles. The van der Waals surface area contributed by atoms with Gasteiger partial charge in [0.25, 0.3) is 0 Å². The van der Waals surface area contributed by atoms with Crippen LogP contribution in [0.1, 0.15) is 0 Å². The van der Waals surface area contributed by atoms with E-state index in [2.05, 4.69) is 6.92 Å². The lowest BCUT2D eigenvalue weighted by Crippen LogP contribution is -2.14. The van der Waals surface area contributed by atoms with Crippen molar-refractivity contribution in [2.24, 2.45) is 5.73 Å². The molecule has 0 rings (SSSR count). The predicted octanol–water partition coefficient (Wildman–Crippen LogP) is -0.860. The average Bonchev–Trinajstić information content (AvgIpc) is 1.38. The summed E-state index contributed by atoms with van der Waals surface area (Å²) >= 11 is 0. The second-order valence-electron chi connectivity index (χ2n) is 0.890. The first-order valence-corrected chi connectivity index (χ1v) is 1.48. The van der Waals surface area contributed by atoms with Crippen molar-refractivity contribution < 1.29 is 5.11 Å². The maximum Gasteiger partial charge on any atom is 0.0663 e. The van der Waals surface area contributed by atoms with E-state index >= 15 is 0 Å². The molecule has 0 unspecified atom stereocenters. The highest BCUT2D eigenvalue weighted by molar-refractivity contribution is 4.53. The zero-order valence-corrected chi connectivity index (χ0v) is 3.02. The molecule has 0 saturated heterocycles. The third-order valence-corrected chi connectivity index (χ3v) is 0.272. The summed E-state index contributed by atoms with van der Waals surface area (Å²) < 4.78 is 0. The fourth-order valence-electron chi connectivity index (χ4n) is 0. The molecule has 0 aliphatic rings. The molecule has 0 spiro atoms. The standard InChI is InChI=1S/C3H8NO/c1-3(5)2-4/h3,5H,1-2,4H2/t3-/m0/s1. The third-order valence-electron chi connectivity index (χ3n) is 0.272. The molecule has 2 heteroatoms. The van der Waals surface area contributed by atoms with Crippen molar-refractivity contribution >= 4 is 0 Å². The number of aliphatic hydroxyl groups is 1. The molecule has 3 N–H and O–H groups in total. The molecule has 1 atom stereocenters. The predicted molar refractivity (Wildman–Crippen MR) is 20.4 cm³/mol. The summed E-state index contributed by atoms with van der Waals surface area (Å²) in [5, 5.41) is 8.12. The molecule has 31 valence electrons. The first-order chi connectivity index (χ1) is 2.27. The topological polar surface area (TPSA) is 46.2 Å². The monoisotopic (exact) mass is 74.1 g/mol. The second-order valence-corrected chi connectivity index (χ2v) is 0.890. The minimum Gasteiger partial charge on any atom is -0.392 e. The second kappa shape index (κ2) is 2.18. The lowest BCUT2D eigenvalue weighted by Gasteiger charge is -1.90. The number of hydrogen-bond donors (Lipinski definition) is 2. The molecule has 0 aliphatic heterocycles. The Kier molecular flexibility index (Phi) is 2.14. The van der Waals surface area contributed by atoms with Gasteiger partial charge in [0.15, 0.2) is 0 Å². The fourth-order valence-corrected chi connectivity index (χ4v) is 0. The maximum atomic E-state index is 8.12. The Labute approximate surface area is 31.6 Å². The van der Waals surface area contributed by atoms with Gasteiger partial charge in [-0.3, -0.25) is 0 Å². The molecule has 5 heavy (non-hydrogen) atoms. The van der Waals surface area contributed by atoms with Gasteiger partial charge in [0.2, 0.25) is 0 Å². The van der Waals surface area contributed by atoms with E-state index in [1.54, 1.807) is 0 Å². The van der Waals surface area contributed by atoms with Crippen LogP contribution in [0.4, 0.5) is 0 Å². The minimum absolute atomic E-state index is 0.250. The molecule has 2 nitrogen and oxygen atoms in total. The zero-order chi connectivity index (χ0) is 4.28. The molecular weight excluding hydrogens is 66.0 g/mol. The summed E-state index contributed by atoms with van der Waals surface area (Å²) in [6.45, 7) is 3.44. The number of aliphatic hydroxyl groups excluding tert-OH is 1. The molecule has 0 fully saturated rings. The van der Waals surface area contributed by atoms with Crippen LogP contribution >= 0.6 is 0 Å². The van der Waals surface area contributed by atoms with E-state index in [1.807, 2.05) is 0 Å². The normalized spacial score (nSPS) is 15.0. The Bertz CT molecular complexity index is 20.9. The average molecular weight is 74.1 g/mol. The van der Waals surface area contributed by atoms with Crippen molar-refractivity contribution in [1.29, 1.82) is 0 Å². The SMILES string of the molecule is [CH2][C@H](O)CN. The van der Waals surface area contributed by atoms with E-state index in [-0.39, 0.29) is 6.54 Å². The van der Waals surface area contributed by atoms with Crippen molar-refractivity contribution in [3.63, 3.8) is 0 Å². The van der Waals surface area contributed by atoms with Crippen LogP contribution in [-0.2, 0) is 0 Å². The number of hydrogen-bond acceptors (Lipinski definition) is 2. The van der Waals surface area contributed by atoms with E-state index in [0.717, 1.165) is 0 Å². The molecule has 0 heterocycles. The van der Waals surface area contributed by atoms with Gasteiger partial charge < -0.3 is 10.8 Å². The van der Waals surface area contributed by atoms with Crippen molar-refractivity contribution in [2.75, 3.05) is 6.54 Å². The van der Waals surface area contributed by atoms with Gasteiger partial charge >= 0.3 is 0 Å². The Morgan fingerprint density at radius 3 is 2.20 bits per heavy atom. The zero-order valence-electron chi connectivity index (χ0n) is 3.02. The van der Waals surface area contributed by atoms with E-state index in [0.29, 0.717) is 0 Å². The summed E-state index contributed by atoms with van der Waals surface area (Å²) in [6, 6.07) is 0. The van der Waals surface area contributed by atoms with Gasteiger partial charge in [-0.2, -0.15) is 0 Å². The minimum atomic E-state index is -0.588. The van der Waals surface area contributed by atoms with E-state index in [4.69, 9.17) is 10.8 Å². The van der Waals surface area contributed by atoms with Gasteiger partial charge in [-0.05, 0) is 6.92 Å². The van der Waals surface area contributed by atoms with Crippen LogP contribution in [0.5, 0.6) is 0 Å². The Morgan fingerprint density at radius 1 is 2.00 bits per heavy atom. The molecule has 0 bridgehead atoms. The van der Waals surface area contributed by atoms with Crippen molar-refractivity contribution in [1.82, 2.24) is 0 Å². The fraction of sp³-hybridized carbons (Fsp3) is 0.667. The molecule has 0 aromatic rings. The van der Waals surface area contributed by atoms with Gasteiger partial charge in [-0.1, -0.05) is 0 Å². The maximum absolute atomic E-state index is 8.12. The Hall–Kier alpha value is -0.0800. The van der Waals surface area contributed by atoms with Crippen molar-refractivity contribution in [2.45, 2.75) is 6.10 Å². The van der Waals surface area contributed by atoms with Crippen molar-refractivity contribution in [3.05, 3.63) is 6.92 Å². The first-order valence-electron chi connectivity index (χ1n) is 1.48. The van der Waals surface area contributed by atoms with Gasteiger partial charge in [-0.15, -0.1) is 0 Å². The van der Waals surface area contributed by atoms with Crippen LogP contribution in [0.15, 0.2) is 0 Å². The van der Waals surface area contributed by atoms with E-state index in [1.165, 1.54) is 0 Å². The Morgan fingerprint density at radius 2 is 2.20 bits per heavy atom. The van der Waals surface area contributed by atoms with E-state index < -0.39 is 6.10 Å². The molecule has 0 aromatic carbocycles. The third kappa shape index (κ3) is 3.92. The summed E-state index contributed by atoms with van der Waals surface area (Å²) in [7, 11) is 0. The van der Waals surface area contributed by atoms with Crippen LogP contribution in [0.25, 0.3) is 0 Å². The molecule has 0 aromatic heterocycles. The lowest BCUT2D eigenvalue weighted by molar-refractivity contribution is 0.229.